The van der Waals surface area contributed by atoms with E-state index in [9.17, 15) is 9.59 Å². The summed E-state index contributed by atoms with van der Waals surface area (Å²) < 4.78 is 3.54. The molecule has 0 saturated heterocycles. The lowest BCUT2D eigenvalue weighted by atomic mass is 10.3. The number of anilines is 1. The van der Waals surface area contributed by atoms with Gasteiger partial charge in [0.1, 0.15) is 0 Å². The SMILES string of the molecule is CCn1cc(NC(=O)c2nn3cccnc3c2Br)c(C(=O)NC)n1. The molecular formula is C14H14BrN7O2. The van der Waals surface area contributed by atoms with Crippen molar-refractivity contribution in [3.8, 4) is 0 Å². The molecule has 24 heavy (non-hydrogen) atoms. The highest BCUT2D eigenvalue weighted by Crippen LogP contribution is 2.22. The van der Waals surface area contributed by atoms with Crippen LogP contribution in [0.25, 0.3) is 5.65 Å². The Morgan fingerprint density at radius 2 is 2.04 bits per heavy atom. The van der Waals surface area contributed by atoms with Gasteiger partial charge >= 0.3 is 0 Å². The Labute approximate surface area is 145 Å². The lowest BCUT2D eigenvalue weighted by molar-refractivity contribution is 0.0958. The molecule has 9 nitrogen and oxygen atoms in total. The first kappa shape index (κ1) is 16.1. The molecule has 10 heteroatoms. The first-order chi connectivity index (χ1) is 11.5. The molecule has 0 saturated carbocycles. The third kappa shape index (κ3) is 2.75. The molecule has 0 aliphatic heterocycles. The van der Waals surface area contributed by atoms with Crippen molar-refractivity contribution in [1.82, 2.24) is 29.7 Å². The van der Waals surface area contributed by atoms with Gasteiger partial charge in [0.15, 0.2) is 17.0 Å². The molecule has 3 aromatic heterocycles. The van der Waals surface area contributed by atoms with E-state index in [1.54, 1.807) is 29.3 Å². The van der Waals surface area contributed by atoms with Crippen molar-refractivity contribution in [2.24, 2.45) is 0 Å². The third-order valence-electron chi connectivity index (χ3n) is 3.33. The maximum absolute atomic E-state index is 12.6. The van der Waals surface area contributed by atoms with Gasteiger partial charge in [-0.3, -0.25) is 14.3 Å². The number of aryl methyl sites for hydroxylation is 1. The lowest BCUT2D eigenvalue weighted by Crippen LogP contribution is -2.21. The predicted octanol–water partition coefficient (Wildman–Crippen LogP) is 1.32. The van der Waals surface area contributed by atoms with Gasteiger partial charge in [0.25, 0.3) is 11.8 Å². The zero-order chi connectivity index (χ0) is 17.3. The standard InChI is InChI=1S/C14H14BrN7O2/c1-3-21-7-8(10(19-21)13(23)16-2)18-14(24)11-9(15)12-17-5-4-6-22(12)20-11/h4-7H,3H2,1-2H3,(H,16,23)(H,18,24). The maximum Gasteiger partial charge on any atom is 0.277 e. The molecule has 0 fully saturated rings. The summed E-state index contributed by atoms with van der Waals surface area (Å²) in [6, 6.07) is 1.71. The minimum Gasteiger partial charge on any atom is -0.354 e. The van der Waals surface area contributed by atoms with E-state index in [0.29, 0.717) is 22.4 Å². The van der Waals surface area contributed by atoms with Gasteiger partial charge in [-0.15, -0.1) is 0 Å². The minimum atomic E-state index is -0.465. The van der Waals surface area contributed by atoms with Gasteiger partial charge in [0, 0.05) is 32.2 Å². The fourth-order valence-electron chi connectivity index (χ4n) is 2.15. The number of halogens is 1. The summed E-state index contributed by atoms with van der Waals surface area (Å²) in [5.74, 6) is -0.846. The first-order valence-electron chi connectivity index (χ1n) is 7.14. The van der Waals surface area contributed by atoms with E-state index in [1.807, 2.05) is 6.92 Å². The number of hydrogen-bond acceptors (Lipinski definition) is 5. The van der Waals surface area contributed by atoms with Crippen molar-refractivity contribution in [2.45, 2.75) is 13.5 Å². The molecule has 0 spiro atoms. The maximum atomic E-state index is 12.6. The molecular weight excluding hydrogens is 378 g/mol. The van der Waals surface area contributed by atoms with Crippen molar-refractivity contribution >= 4 is 39.1 Å². The summed E-state index contributed by atoms with van der Waals surface area (Å²) in [4.78, 5) is 28.6. The van der Waals surface area contributed by atoms with Crippen molar-refractivity contribution < 1.29 is 9.59 Å². The number of fused-ring (bicyclic) bond motifs is 1. The molecule has 0 aliphatic rings. The monoisotopic (exact) mass is 391 g/mol. The van der Waals surface area contributed by atoms with Crippen LogP contribution in [0.4, 0.5) is 5.69 Å². The molecule has 2 amide bonds. The van der Waals surface area contributed by atoms with Gasteiger partial charge < -0.3 is 10.6 Å². The van der Waals surface area contributed by atoms with Crippen LogP contribution in [0.3, 0.4) is 0 Å². The molecule has 0 aliphatic carbocycles. The Balaban J connectivity index is 1.95. The summed E-state index contributed by atoms with van der Waals surface area (Å²) >= 11 is 3.34. The fraction of sp³-hybridized carbons (Fsp3) is 0.214. The second kappa shape index (κ2) is 6.40. The highest BCUT2D eigenvalue weighted by molar-refractivity contribution is 9.10. The number of hydrogen-bond donors (Lipinski definition) is 2. The van der Waals surface area contributed by atoms with Gasteiger partial charge in [0.2, 0.25) is 0 Å². The molecule has 0 atom stereocenters. The number of nitrogens with one attached hydrogen (secondary N) is 2. The van der Waals surface area contributed by atoms with Crippen LogP contribution in [0, 0.1) is 0 Å². The van der Waals surface area contributed by atoms with Crippen molar-refractivity contribution in [3.63, 3.8) is 0 Å². The Bertz CT molecular complexity index is 930. The number of aromatic nitrogens is 5. The number of carbonyl (C=O) groups is 2. The van der Waals surface area contributed by atoms with Gasteiger partial charge in [-0.05, 0) is 28.9 Å². The Morgan fingerprint density at radius 3 is 2.71 bits per heavy atom. The molecule has 0 unspecified atom stereocenters. The van der Waals surface area contributed by atoms with E-state index in [2.05, 4.69) is 41.7 Å². The average molecular weight is 392 g/mol. The molecule has 3 heterocycles. The van der Waals surface area contributed by atoms with E-state index in [0.717, 1.165) is 0 Å². The second-order valence-corrected chi connectivity index (χ2v) is 5.62. The van der Waals surface area contributed by atoms with Crippen LogP contribution in [0.1, 0.15) is 27.9 Å². The van der Waals surface area contributed by atoms with E-state index >= 15 is 0 Å². The quantitative estimate of drug-likeness (QED) is 0.697. The molecule has 3 aromatic rings. The van der Waals surface area contributed by atoms with E-state index in [-0.39, 0.29) is 17.3 Å². The summed E-state index contributed by atoms with van der Waals surface area (Å²) in [6.45, 7) is 2.46. The van der Waals surface area contributed by atoms with Crippen LogP contribution in [0.5, 0.6) is 0 Å². The Hall–Kier alpha value is -2.75. The zero-order valence-electron chi connectivity index (χ0n) is 12.9. The smallest absolute Gasteiger partial charge is 0.277 e. The first-order valence-corrected chi connectivity index (χ1v) is 7.94. The lowest BCUT2D eigenvalue weighted by Gasteiger charge is -2.02. The molecule has 0 radical (unpaired) electrons. The van der Waals surface area contributed by atoms with Crippen LogP contribution >= 0.6 is 15.9 Å². The zero-order valence-corrected chi connectivity index (χ0v) is 14.5. The summed E-state index contributed by atoms with van der Waals surface area (Å²) in [6.07, 6.45) is 4.90. The summed E-state index contributed by atoms with van der Waals surface area (Å²) in [5, 5.41) is 13.5. The normalized spacial score (nSPS) is 10.8. The number of nitrogens with zero attached hydrogens (tertiary/aromatic N) is 5. The number of rotatable bonds is 4. The van der Waals surface area contributed by atoms with Gasteiger partial charge in [-0.25, -0.2) is 9.50 Å². The van der Waals surface area contributed by atoms with Crippen LogP contribution in [-0.2, 0) is 6.54 Å². The Kier molecular flexibility index (Phi) is 4.30. The summed E-state index contributed by atoms with van der Waals surface area (Å²) in [5.41, 5.74) is 1.16. The largest absolute Gasteiger partial charge is 0.354 e. The van der Waals surface area contributed by atoms with E-state index in [4.69, 9.17) is 0 Å². The second-order valence-electron chi connectivity index (χ2n) is 4.83. The summed E-state index contributed by atoms with van der Waals surface area (Å²) in [7, 11) is 1.50. The van der Waals surface area contributed by atoms with Crippen molar-refractivity contribution in [1.29, 1.82) is 0 Å². The van der Waals surface area contributed by atoms with E-state index < -0.39 is 5.91 Å². The molecule has 0 aromatic carbocycles. The van der Waals surface area contributed by atoms with Gasteiger partial charge in [-0.1, -0.05) is 0 Å². The van der Waals surface area contributed by atoms with E-state index in [1.165, 1.54) is 11.6 Å². The van der Waals surface area contributed by atoms with Crippen molar-refractivity contribution in [3.05, 3.63) is 40.5 Å². The predicted molar refractivity (Wildman–Crippen MR) is 89.9 cm³/mol. The van der Waals surface area contributed by atoms with Gasteiger partial charge in [-0.2, -0.15) is 10.2 Å². The minimum absolute atomic E-state index is 0.144. The van der Waals surface area contributed by atoms with Crippen molar-refractivity contribution in [2.75, 3.05) is 12.4 Å². The fourth-order valence-corrected chi connectivity index (χ4v) is 2.69. The number of amides is 2. The highest BCUT2D eigenvalue weighted by Gasteiger charge is 2.22. The topological polar surface area (TPSA) is 106 Å². The van der Waals surface area contributed by atoms with Gasteiger partial charge in [0.05, 0.1) is 10.2 Å². The Morgan fingerprint density at radius 1 is 1.25 bits per heavy atom. The average Bonchev–Trinajstić information content (AvgIpc) is 3.16. The van der Waals surface area contributed by atoms with Crippen LogP contribution in [-0.4, -0.2) is 43.2 Å². The molecule has 3 rings (SSSR count). The molecule has 2 N–H and O–H groups in total. The van der Waals surface area contributed by atoms with Crippen LogP contribution in [0.2, 0.25) is 0 Å². The molecule has 0 bridgehead atoms. The number of carbonyl (C=O) groups excluding carboxylic acids is 2. The van der Waals surface area contributed by atoms with Crippen LogP contribution in [0.15, 0.2) is 29.1 Å². The third-order valence-corrected chi connectivity index (χ3v) is 4.06. The highest BCUT2D eigenvalue weighted by atomic mass is 79.9. The van der Waals surface area contributed by atoms with Crippen LogP contribution < -0.4 is 10.6 Å². The molecule has 124 valence electrons.